The Bertz CT molecular complexity index is 2110. The van der Waals surface area contributed by atoms with E-state index in [9.17, 15) is 9.90 Å². The summed E-state index contributed by atoms with van der Waals surface area (Å²) in [5.41, 5.74) is 3.79. The maximum atomic E-state index is 12.7. The van der Waals surface area contributed by atoms with Crippen LogP contribution in [0.15, 0.2) is 105 Å². The number of fused-ring (bicyclic) bond motifs is 1. The number of ether oxygens (including phenoxy) is 2. The van der Waals surface area contributed by atoms with Crippen LogP contribution in [-0.4, -0.2) is 59.4 Å². The zero-order valence-electron chi connectivity index (χ0n) is 28.5. The topological polar surface area (TPSA) is 106 Å². The lowest BCUT2D eigenvalue weighted by molar-refractivity contribution is 0.247. The molecule has 4 aromatic carbocycles. The van der Waals surface area contributed by atoms with Crippen LogP contribution < -0.4 is 20.1 Å². The van der Waals surface area contributed by atoms with Crippen LogP contribution in [0.1, 0.15) is 29.2 Å². The van der Waals surface area contributed by atoms with Gasteiger partial charge in [0.05, 0.1) is 7.11 Å². The number of oxazole rings is 2. The Morgan fingerprint density at radius 3 is 2.40 bits per heavy atom. The zero-order chi connectivity index (χ0) is 34.5. The van der Waals surface area contributed by atoms with Gasteiger partial charge in [0, 0.05) is 50.4 Å². The van der Waals surface area contributed by atoms with Crippen LogP contribution in [0.5, 0.6) is 17.4 Å². The number of piperazine rings is 1. The first-order chi connectivity index (χ1) is 24.4. The maximum absolute atomic E-state index is 12.7. The predicted octanol–water partition coefficient (Wildman–Crippen LogP) is 6.85. The maximum Gasteiger partial charge on any atom is 0.422 e. The monoisotopic (exact) mass is 674 g/mol. The van der Waals surface area contributed by atoms with E-state index in [0.29, 0.717) is 48.2 Å². The molecule has 10 heteroatoms. The van der Waals surface area contributed by atoms with Gasteiger partial charge in [-0.3, -0.25) is 4.90 Å². The second-order valence-electron chi connectivity index (χ2n) is 12.6. The number of aromatic hydroxyl groups is 1. The van der Waals surface area contributed by atoms with Crippen LogP contribution in [-0.2, 0) is 26.0 Å². The van der Waals surface area contributed by atoms with Crippen molar-refractivity contribution in [1.29, 1.82) is 0 Å². The largest absolute Gasteiger partial charge is 0.493 e. The summed E-state index contributed by atoms with van der Waals surface area (Å²) in [4.78, 5) is 22.2. The zero-order valence-corrected chi connectivity index (χ0v) is 28.5. The fraction of sp³-hybridized carbons (Fsp3) is 0.300. The van der Waals surface area contributed by atoms with E-state index in [0.717, 1.165) is 61.0 Å². The lowest BCUT2D eigenvalue weighted by atomic mass is 10.1. The third kappa shape index (κ3) is 7.40. The minimum atomic E-state index is -0.531. The van der Waals surface area contributed by atoms with Gasteiger partial charge in [-0.05, 0) is 79.0 Å². The van der Waals surface area contributed by atoms with Crippen molar-refractivity contribution in [1.82, 2.24) is 14.5 Å². The average Bonchev–Trinajstić information content (AvgIpc) is 3.66. The van der Waals surface area contributed by atoms with E-state index in [1.54, 1.807) is 7.11 Å². The molecule has 50 heavy (non-hydrogen) atoms. The van der Waals surface area contributed by atoms with Crippen molar-refractivity contribution < 1.29 is 23.4 Å². The van der Waals surface area contributed by atoms with Gasteiger partial charge in [-0.25, -0.2) is 14.3 Å². The van der Waals surface area contributed by atoms with Gasteiger partial charge in [-0.2, -0.15) is 0 Å². The molecule has 0 amide bonds. The van der Waals surface area contributed by atoms with E-state index in [2.05, 4.69) is 58.3 Å². The molecule has 0 spiro atoms. The Morgan fingerprint density at radius 2 is 1.60 bits per heavy atom. The van der Waals surface area contributed by atoms with Gasteiger partial charge >= 0.3 is 5.76 Å². The number of methoxy groups -OCH3 is 1. The van der Waals surface area contributed by atoms with Crippen LogP contribution in [0.2, 0.25) is 0 Å². The molecule has 0 radical (unpaired) electrons. The molecule has 0 unspecified atom stereocenters. The van der Waals surface area contributed by atoms with Gasteiger partial charge in [0.1, 0.15) is 18.1 Å². The standard InChI is InChI=1S/C40H42N4O6/c1-28-34(41-38(49-28)32-16-15-30-9-6-7-10-31(30)26-32)27-48-37-25-29(13-17-35(37)47-2)14-18-36-39(45)44(40(46)50-36)20-8-19-42-21-23-43(24-22-42)33-11-4-3-5-12-33/h3-7,9-13,15-17,25-26,45H,8,14,18-24,27H2,1-2H3. The van der Waals surface area contributed by atoms with Crippen molar-refractivity contribution in [3.8, 4) is 28.8 Å². The smallest absolute Gasteiger partial charge is 0.422 e. The minimum Gasteiger partial charge on any atom is -0.493 e. The highest BCUT2D eigenvalue weighted by molar-refractivity contribution is 5.86. The normalized spacial score (nSPS) is 13.6. The molecule has 1 fully saturated rings. The number of hydrogen-bond acceptors (Lipinski definition) is 9. The fourth-order valence-corrected chi connectivity index (χ4v) is 6.53. The molecule has 1 aliphatic heterocycles. The summed E-state index contributed by atoms with van der Waals surface area (Å²) in [6.07, 6.45) is 1.63. The van der Waals surface area contributed by atoms with E-state index in [4.69, 9.17) is 23.3 Å². The average molecular weight is 675 g/mol. The molecule has 1 saturated heterocycles. The number of hydrogen-bond donors (Lipinski definition) is 1. The molecule has 6 aromatic rings. The molecule has 7 rings (SSSR count). The first-order valence-electron chi connectivity index (χ1n) is 17.1. The summed E-state index contributed by atoms with van der Waals surface area (Å²) in [5, 5.41) is 13.2. The SMILES string of the molecule is COc1ccc(CCc2oc(=O)n(CCCN3CCN(c4ccccc4)CC3)c2O)cc1OCc1nc(-c2ccc3ccccc3c2)oc1C. The first kappa shape index (κ1) is 33.0. The third-order valence-electron chi connectivity index (χ3n) is 9.41. The van der Waals surface area contributed by atoms with Crippen molar-refractivity contribution in [2.24, 2.45) is 0 Å². The lowest BCUT2D eigenvalue weighted by Crippen LogP contribution is -2.46. The Morgan fingerprint density at radius 1 is 0.820 bits per heavy atom. The highest BCUT2D eigenvalue weighted by atomic mass is 16.5. The molecule has 0 aliphatic carbocycles. The van der Waals surface area contributed by atoms with Crippen LogP contribution in [0.4, 0.5) is 5.69 Å². The van der Waals surface area contributed by atoms with Gasteiger partial charge in [0.25, 0.3) is 0 Å². The van der Waals surface area contributed by atoms with Crippen molar-refractivity contribution in [2.45, 2.75) is 39.3 Å². The lowest BCUT2D eigenvalue weighted by Gasteiger charge is -2.36. The molecule has 0 saturated carbocycles. The Hall–Kier alpha value is -5.48. The van der Waals surface area contributed by atoms with E-state index in [-0.39, 0.29) is 18.2 Å². The van der Waals surface area contributed by atoms with Crippen LogP contribution in [0, 0.1) is 6.92 Å². The predicted molar refractivity (Wildman–Crippen MR) is 193 cm³/mol. The van der Waals surface area contributed by atoms with Gasteiger partial charge in [-0.15, -0.1) is 0 Å². The van der Waals surface area contributed by atoms with Crippen molar-refractivity contribution in [3.63, 3.8) is 0 Å². The molecule has 258 valence electrons. The van der Waals surface area contributed by atoms with Gasteiger partial charge < -0.3 is 28.3 Å². The molecular formula is C40H42N4O6. The molecule has 1 N–H and O–H groups in total. The summed E-state index contributed by atoms with van der Waals surface area (Å²) in [7, 11) is 1.60. The van der Waals surface area contributed by atoms with Crippen molar-refractivity contribution in [3.05, 3.63) is 124 Å². The Labute approximate surface area is 291 Å². The van der Waals surface area contributed by atoms with Gasteiger partial charge in [0.15, 0.2) is 17.3 Å². The summed E-state index contributed by atoms with van der Waals surface area (Å²) < 4.78 is 24.6. The molecule has 3 heterocycles. The highest BCUT2D eigenvalue weighted by Crippen LogP contribution is 2.31. The van der Waals surface area contributed by atoms with E-state index in [1.165, 1.54) is 10.3 Å². The molecule has 1 aliphatic rings. The van der Waals surface area contributed by atoms with E-state index < -0.39 is 5.76 Å². The summed E-state index contributed by atoms with van der Waals surface area (Å²) in [6, 6.07) is 30.5. The molecule has 0 bridgehead atoms. The van der Waals surface area contributed by atoms with Crippen LogP contribution in [0.3, 0.4) is 0 Å². The van der Waals surface area contributed by atoms with Gasteiger partial charge in [0.2, 0.25) is 11.8 Å². The number of aromatic nitrogens is 2. The van der Waals surface area contributed by atoms with Crippen LogP contribution >= 0.6 is 0 Å². The van der Waals surface area contributed by atoms with Crippen molar-refractivity contribution >= 4 is 16.5 Å². The minimum absolute atomic E-state index is 0.0994. The number of nitrogens with zero attached hydrogens (tertiary/aromatic N) is 4. The molecule has 0 atom stereocenters. The summed E-state index contributed by atoms with van der Waals surface area (Å²) in [6.45, 7) is 7.19. The second-order valence-corrected chi connectivity index (χ2v) is 12.6. The molecule has 10 nitrogen and oxygen atoms in total. The molecular weight excluding hydrogens is 632 g/mol. The van der Waals surface area contributed by atoms with Crippen LogP contribution in [0.25, 0.3) is 22.2 Å². The Balaban J connectivity index is 0.933. The Kier molecular flexibility index (Phi) is 9.89. The number of para-hydroxylation sites is 1. The number of aryl methyl sites for hydroxylation is 3. The number of benzene rings is 4. The van der Waals surface area contributed by atoms with E-state index in [1.807, 2.05) is 49.4 Å². The fourth-order valence-electron chi connectivity index (χ4n) is 6.53. The quantitative estimate of drug-likeness (QED) is 0.141. The van der Waals surface area contributed by atoms with E-state index >= 15 is 0 Å². The highest BCUT2D eigenvalue weighted by Gasteiger charge is 2.20. The van der Waals surface area contributed by atoms with Gasteiger partial charge in [-0.1, -0.05) is 54.6 Å². The summed E-state index contributed by atoms with van der Waals surface area (Å²) >= 11 is 0. The molecule has 2 aromatic heterocycles. The summed E-state index contributed by atoms with van der Waals surface area (Å²) in [5.74, 6) is 2.03. The third-order valence-corrected chi connectivity index (χ3v) is 9.41. The second kappa shape index (κ2) is 15.0. The van der Waals surface area contributed by atoms with Crippen molar-refractivity contribution in [2.75, 3.05) is 44.7 Å². The number of rotatable bonds is 13. The number of anilines is 1. The first-order valence-corrected chi connectivity index (χ1v) is 17.1.